The molecule has 0 atom stereocenters. The number of amides is 1. The normalized spacial score (nSPS) is 17.9. The second-order valence-electron chi connectivity index (χ2n) is 8.97. The lowest BCUT2D eigenvalue weighted by molar-refractivity contribution is 0.0957. The van der Waals surface area contributed by atoms with Crippen molar-refractivity contribution in [2.45, 2.75) is 32.9 Å². The lowest BCUT2D eigenvalue weighted by Gasteiger charge is -2.37. The highest BCUT2D eigenvalue weighted by atomic mass is 19.1. The zero-order chi connectivity index (χ0) is 21.5. The molecule has 1 saturated heterocycles. The molecule has 0 bridgehead atoms. The lowest BCUT2D eigenvalue weighted by atomic mass is 9.99. The van der Waals surface area contributed by atoms with Crippen LogP contribution in [-0.2, 0) is 13.0 Å². The SMILES string of the molecule is CC(C)N1CCN(Cc2cccc(-c3[nH]c4cc(F)cc5c4c3CCNC5=O)c2)CC1. The third kappa shape index (κ3) is 3.86. The highest BCUT2D eigenvalue weighted by Crippen LogP contribution is 2.35. The van der Waals surface area contributed by atoms with Gasteiger partial charge in [0.1, 0.15) is 5.82 Å². The number of rotatable bonds is 4. The molecule has 0 aliphatic carbocycles. The van der Waals surface area contributed by atoms with E-state index in [0.29, 0.717) is 23.7 Å². The van der Waals surface area contributed by atoms with Crippen molar-refractivity contribution in [2.75, 3.05) is 32.7 Å². The minimum absolute atomic E-state index is 0.205. The summed E-state index contributed by atoms with van der Waals surface area (Å²) in [6.07, 6.45) is 0.723. The van der Waals surface area contributed by atoms with Gasteiger partial charge in [0.2, 0.25) is 0 Å². The Kier molecular flexibility index (Phi) is 5.28. The van der Waals surface area contributed by atoms with Gasteiger partial charge in [-0.2, -0.15) is 0 Å². The number of nitrogens with zero attached hydrogens (tertiary/aromatic N) is 2. The van der Waals surface area contributed by atoms with E-state index in [1.54, 1.807) is 0 Å². The van der Waals surface area contributed by atoms with E-state index < -0.39 is 5.82 Å². The molecule has 0 saturated carbocycles. The van der Waals surface area contributed by atoms with Gasteiger partial charge in [-0.1, -0.05) is 18.2 Å². The van der Waals surface area contributed by atoms with Crippen molar-refractivity contribution in [3.63, 3.8) is 0 Å². The number of piperazine rings is 1. The number of aromatic amines is 1. The first-order valence-corrected chi connectivity index (χ1v) is 11.2. The van der Waals surface area contributed by atoms with E-state index in [2.05, 4.69) is 58.2 Å². The zero-order valence-corrected chi connectivity index (χ0v) is 18.2. The number of nitrogens with one attached hydrogen (secondary N) is 2. The quantitative estimate of drug-likeness (QED) is 0.675. The Morgan fingerprint density at radius 1 is 1.10 bits per heavy atom. The fraction of sp³-hybridized carbons (Fsp3) is 0.400. The molecule has 6 heteroatoms. The topological polar surface area (TPSA) is 51.4 Å². The van der Waals surface area contributed by atoms with Crippen molar-refractivity contribution in [2.24, 2.45) is 0 Å². The van der Waals surface area contributed by atoms with Gasteiger partial charge in [0.15, 0.2) is 0 Å². The molecule has 3 aromatic rings. The zero-order valence-electron chi connectivity index (χ0n) is 18.2. The maximum Gasteiger partial charge on any atom is 0.252 e. The van der Waals surface area contributed by atoms with E-state index in [9.17, 15) is 9.18 Å². The van der Waals surface area contributed by atoms with Crippen molar-refractivity contribution < 1.29 is 9.18 Å². The van der Waals surface area contributed by atoms with E-state index in [0.717, 1.165) is 61.4 Å². The largest absolute Gasteiger partial charge is 0.354 e. The number of hydrogen-bond acceptors (Lipinski definition) is 3. The molecular formula is C25H29FN4O. The van der Waals surface area contributed by atoms with E-state index in [-0.39, 0.29) is 5.91 Å². The van der Waals surface area contributed by atoms with Crippen LogP contribution in [0.5, 0.6) is 0 Å². The van der Waals surface area contributed by atoms with Crippen LogP contribution >= 0.6 is 0 Å². The van der Waals surface area contributed by atoms with Crippen molar-refractivity contribution in [3.05, 3.63) is 58.9 Å². The molecule has 1 aromatic heterocycles. The number of aromatic nitrogens is 1. The molecule has 2 aliphatic heterocycles. The molecule has 1 fully saturated rings. The Morgan fingerprint density at radius 2 is 1.90 bits per heavy atom. The summed E-state index contributed by atoms with van der Waals surface area (Å²) in [5.41, 5.74) is 5.55. The summed E-state index contributed by atoms with van der Waals surface area (Å²) in [5, 5.41) is 3.74. The molecule has 5 rings (SSSR count). The van der Waals surface area contributed by atoms with Gasteiger partial charge in [-0.3, -0.25) is 14.6 Å². The van der Waals surface area contributed by atoms with Crippen LogP contribution in [0.2, 0.25) is 0 Å². The molecule has 0 spiro atoms. The van der Waals surface area contributed by atoms with E-state index in [4.69, 9.17) is 0 Å². The van der Waals surface area contributed by atoms with Crippen LogP contribution in [0.15, 0.2) is 36.4 Å². The van der Waals surface area contributed by atoms with Crippen LogP contribution in [-0.4, -0.2) is 59.5 Å². The smallest absolute Gasteiger partial charge is 0.252 e. The second kappa shape index (κ2) is 8.09. The molecule has 0 radical (unpaired) electrons. The van der Waals surface area contributed by atoms with Gasteiger partial charge in [-0.05, 0) is 55.2 Å². The van der Waals surface area contributed by atoms with Gasteiger partial charge < -0.3 is 10.3 Å². The average Bonchev–Trinajstić information content (AvgIpc) is 3.03. The van der Waals surface area contributed by atoms with Gasteiger partial charge in [-0.25, -0.2) is 4.39 Å². The van der Waals surface area contributed by atoms with Crippen molar-refractivity contribution in [1.82, 2.24) is 20.1 Å². The summed E-state index contributed by atoms with van der Waals surface area (Å²) in [5.74, 6) is -0.601. The summed E-state index contributed by atoms with van der Waals surface area (Å²) >= 11 is 0. The van der Waals surface area contributed by atoms with Crippen LogP contribution < -0.4 is 5.32 Å². The second-order valence-corrected chi connectivity index (χ2v) is 8.97. The summed E-state index contributed by atoms with van der Waals surface area (Å²) in [4.78, 5) is 20.9. The standard InChI is InChI=1S/C25H29FN4O/c1-16(2)30-10-8-29(9-11-30)15-17-4-3-5-18(12-17)24-20-6-7-27-25(31)21-13-19(26)14-22(28-24)23(20)21/h3-5,12-14,16,28H,6-11,15H2,1-2H3,(H,27,31). The molecule has 2 N–H and O–H groups in total. The third-order valence-corrected chi connectivity index (χ3v) is 6.63. The van der Waals surface area contributed by atoms with Crippen LogP contribution in [0.25, 0.3) is 22.2 Å². The fourth-order valence-corrected chi connectivity index (χ4v) is 4.96. The average molecular weight is 421 g/mol. The van der Waals surface area contributed by atoms with E-state index >= 15 is 0 Å². The van der Waals surface area contributed by atoms with Gasteiger partial charge in [0, 0.05) is 61.9 Å². The molecule has 31 heavy (non-hydrogen) atoms. The Labute approximate surface area is 182 Å². The Balaban J connectivity index is 1.46. The van der Waals surface area contributed by atoms with Gasteiger partial charge in [-0.15, -0.1) is 0 Å². The first kappa shape index (κ1) is 20.2. The van der Waals surface area contributed by atoms with Gasteiger partial charge in [0.25, 0.3) is 5.91 Å². The Hall–Kier alpha value is -2.70. The van der Waals surface area contributed by atoms with E-state index in [1.807, 2.05) is 0 Å². The van der Waals surface area contributed by atoms with Crippen molar-refractivity contribution >= 4 is 16.8 Å². The third-order valence-electron chi connectivity index (χ3n) is 6.63. The molecule has 2 aromatic carbocycles. The maximum atomic E-state index is 14.2. The molecule has 2 aliphatic rings. The summed E-state index contributed by atoms with van der Waals surface area (Å²) in [6, 6.07) is 12.0. The number of carbonyl (C=O) groups is 1. The first-order chi connectivity index (χ1) is 15.0. The molecule has 3 heterocycles. The Bertz CT molecular complexity index is 1130. The first-order valence-electron chi connectivity index (χ1n) is 11.2. The monoisotopic (exact) mass is 420 g/mol. The van der Waals surface area contributed by atoms with Gasteiger partial charge in [0.05, 0.1) is 5.56 Å². The fourth-order valence-electron chi connectivity index (χ4n) is 4.96. The predicted octanol–water partition coefficient (Wildman–Crippen LogP) is 3.79. The van der Waals surface area contributed by atoms with Crippen molar-refractivity contribution in [3.8, 4) is 11.3 Å². The van der Waals surface area contributed by atoms with E-state index in [1.165, 1.54) is 17.7 Å². The van der Waals surface area contributed by atoms with Crippen LogP contribution in [0.3, 0.4) is 0 Å². The molecular weight excluding hydrogens is 391 g/mol. The number of benzene rings is 2. The highest BCUT2D eigenvalue weighted by Gasteiger charge is 2.24. The molecule has 5 nitrogen and oxygen atoms in total. The van der Waals surface area contributed by atoms with Crippen molar-refractivity contribution in [1.29, 1.82) is 0 Å². The lowest BCUT2D eigenvalue weighted by Crippen LogP contribution is -2.48. The number of halogens is 1. The number of carbonyl (C=O) groups excluding carboxylic acids is 1. The minimum Gasteiger partial charge on any atom is -0.354 e. The van der Waals surface area contributed by atoms with Gasteiger partial charge >= 0.3 is 0 Å². The number of H-pyrrole nitrogens is 1. The molecule has 0 unspecified atom stereocenters. The Morgan fingerprint density at radius 3 is 2.68 bits per heavy atom. The summed E-state index contributed by atoms with van der Waals surface area (Å²) < 4.78 is 14.2. The number of hydrogen-bond donors (Lipinski definition) is 2. The highest BCUT2D eigenvalue weighted by molar-refractivity contribution is 6.10. The predicted molar refractivity (Wildman–Crippen MR) is 122 cm³/mol. The van der Waals surface area contributed by atoms with Crippen LogP contribution in [0.1, 0.15) is 35.3 Å². The summed E-state index contributed by atoms with van der Waals surface area (Å²) in [6.45, 7) is 10.4. The van der Waals surface area contributed by atoms with Crippen LogP contribution in [0.4, 0.5) is 4.39 Å². The molecule has 162 valence electrons. The minimum atomic E-state index is -0.395. The summed E-state index contributed by atoms with van der Waals surface area (Å²) in [7, 11) is 0. The maximum absolute atomic E-state index is 14.2. The van der Waals surface area contributed by atoms with Crippen LogP contribution in [0, 0.1) is 5.82 Å². The molecule has 1 amide bonds.